The van der Waals surface area contributed by atoms with Crippen LogP contribution < -0.4 is 0 Å². The van der Waals surface area contributed by atoms with Gasteiger partial charge in [-0.2, -0.15) is 0 Å². The van der Waals surface area contributed by atoms with E-state index in [4.69, 9.17) is 5.11 Å². The van der Waals surface area contributed by atoms with Gasteiger partial charge in [-0.25, -0.2) is 0 Å². The molecule has 3 nitrogen and oxygen atoms in total. The molecule has 1 rings (SSSR count). The molecule has 1 unspecified atom stereocenters. The van der Waals surface area contributed by atoms with E-state index in [0.29, 0.717) is 0 Å². The molecule has 1 atom stereocenters. The molecule has 0 fully saturated rings. The van der Waals surface area contributed by atoms with Crippen LogP contribution in [-0.4, -0.2) is 29.6 Å². The van der Waals surface area contributed by atoms with E-state index in [1.54, 1.807) is 6.92 Å². The average molecular weight is 221 g/mol. The van der Waals surface area contributed by atoms with Crippen LogP contribution in [0.2, 0.25) is 0 Å². The summed E-state index contributed by atoms with van der Waals surface area (Å²) in [5.41, 5.74) is 2.07. The van der Waals surface area contributed by atoms with E-state index in [9.17, 15) is 4.79 Å². The van der Waals surface area contributed by atoms with Crippen LogP contribution >= 0.6 is 0 Å². The van der Waals surface area contributed by atoms with Crippen LogP contribution in [0, 0.1) is 0 Å². The van der Waals surface area contributed by atoms with E-state index in [2.05, 4.69) is 18.9 Å². The van der Waals surface area contributed by atoms with Crippen LogP contribution in [0.1, 0.15) is 30.9 Å². The fourth-order valence-electron chi connectivity index (χ4n) is 1.48. The summed E-state index contributed by atoms with van der Waals surface area (Å²) < 4.78 is 0. The molecule has 0 heterocycles. The van der Waals surface area contributed by atoms with E-state index >= 15 is 0 Å². The minimum atomic E-state index is -0.779. The van der Waals surface area contributed by atoms with E-state index < -0.39 is 11.9 Å². The summed E-state index contributed by atoms with van der Waals surface area (Å²) in [7, 11) is 2.06. The molecule has 88 valence electrons. The molecule has 0 bridgehead atoms. The molecule has 1 N–H and O–H groups in total. The highest BCUT2D eigenvalue weighted by atomic mass is 16.4. The van der Waals surface area contributed by atoms with Gasteiger partial charge < -0.3 is 10.0 Å². The molecule has 0 aliphatic heterocycles. The van der Waals surface area contributed by atoms with Gasteiger partial charge in [0.15, 0.2) is 0 Å². The lowest BCUT2D eigenvalue weighted by Gasteiger charge is -2.14. The molecule has 1 aromatic rings. The summed E-state index contributed by atoms with van der Waals surface area (Å²) in [5, 5.41) is 8.88. The maximum absolute atomic E-state index is 10.8. The number of benzene rings is 1. The molecular formula is C13H19NO2. The van der Waals surface area contributed by atoms with Crippen LogP contribution in [0.5, 0.6) is 0 Å². The Bertz CT molecular complexity index is 345. The molecular weight excluding hydrogens is 202 g/mol. The normalized spacial score (nSPS) is 12.8. The van der Waals surface area contributed by atoms with Gasteiger partial charge in [-0.1, -0.05) is 31.2 Å². The molecule has 1 aromatic carbocycles. The zero-order valence-corrected chi connectivity index (χ0v) is 10.1. The molecule has 0 aromatic heterocycles. The van der Waals surface area contributed by atoms with Crippen molar-refractivity contribution < 1.29 is 9.90 Å². The SMILES string of the molecule is CCN(C)Cc1ccc(C(C)C(=O)O)cc1. The minimum absolute atomic E-state index is 0.432. The van der Waals surface area contributed by atoms with Gasteiger partial charge in [-0.05, 0) is 31.6 Å². The number of hydrogen-bond donors (Lipinski definition) is 1. The van der Waals surface area contributed by atoms with Gasteiger partial charge in [0.1, 0.15) is 0 Å². The van der Waals surface area contributed by atoms with Crippen LogP contribution in [0.15, 0.2) is 24.3 Å². The fourth-order valence-corrected chi connectivity index (χ4v) is 1.48. The van der Waals surface area contributed by atoms with Crippen molar-refractivity contribution in [1.82, 2.24) is 4.90 Å². The second-order valence-corrected chi connectivity index (χ2v) is 4.13. The Hall–Kier alpha value is -1.35. The molecule has 0 radical (unpaired) electrons. The topological polar surface area (TPSA) is 40.5 Å². The third kappa shape index (κ3) is 3.35. The second kappa shape index (κ2) is 5.66. The Kier molecular flexibility index (Phi) is 4.50. The third-order valence-corrected chi connectivity index (χ3v) is 2.84. The van der Waals surface area contributed by atoms with Crippen LogP contribution in [0.3, 0.4) is 0 Å². The maximum Gasteiger partial charge on any atom is 0.310 e. The quantitative estimate of drug-likeness (QED) is 0.829. The Morgan fingerprint density at radius 1 is 1.38 bits per heavy atom. The van der Waals surface area contributed by atoms with Crippen molar-refractivity contribution in [3.05, 3.63) is 35.4 Å². The maximum atomic E-state index is 10.8. The van der Waals surface area contributed by atoms with Crippen molar-refractivity contribution in [3.63, 3.8) is 0 Å². The average Bonchev–Trinajstić information content (AvgIpc) is 2.28. The second-order valence-electron chi connectivity index (χ2n) is 4.13. The van der Waals surface area contributed by atoms with Crippen molar-refractivity contribution in [2.45, 2.75) is 26.3 Å². The summed E-state index contributed by atoms with van der Waals surface area (Å²) in [4.78, 5) is 13.0. The Labute approximate surface area is 96.7 Å². The number of carboxylic acids is 1. The van der Waals surface area contributed by atoms with Gasteiger partial charge in [0.2, 0.25) is 0 Å². The Morgan fingerprint density at radius 3 is 2.38 bits per heavy atom. The molecule has 0 aliphatic rings. The van der Waals surface area contributed by atoms with Crippen molar-refractivity contribution in [1.29, 1.82) is 0 Å². The predicted molar refractivity (Wildman–Crippen MR) is 64.5 cm³/mol. The van der Waals surface area contributed by atoms with Gasteiger partial charge in [0.05, 0.1) is 5.92 Å². The largest absolute Gasteiger partial charge is 0.481 e. The lowest BCUT2D eigenvalue weighted by atomic mass is 10.00. The van der Waals surface area contributed by atoms with E-state index in [1.807, 2.05) is 24.3 Å². The first-order valence-corrected chi connectivity index (χ1v) is 5.54. The van der Waals surface area contributed by atoms with Gasteiger partial charge in [-0.3, -0.25) is 4.79 Å². The van der Waals surface area contributed by atoms with E-state index in [-0.39, 0.29) is 0 Å². The highest BCUT2D eigenvalue weighted by molar-refractivity contribution is 5.75. The number of carbonyl (C=O) groups is 1. The molecule has 0 spiro atoms. The zero-order valence-electron chi connectivity index (χ0n) is 10.1. The van der Waals surface area contributed by atoms with Crippen molar-refractivity contribution in [3.8, 4) is 0 Å². The third-order valence-electron chi connectivity index (χ3n) is 2.84. The Balaban J connectivity index is 2.71. The molecule has 3 heteroatoms. The highest BCUT2D eigenvalue weighted by Gasteiger charge is 2.12. The molecule has 0 saturated heterocycles. The summed E-state index contributed by atoms with van der Waals surface area (Å²) in [6.07, 6.45) is 0. The van der Waals surface area contributed by atoms with Crippen LogP contribution in [-0.2, 0) is 11.3 Å². The summed E-state index contributed by atoms with van der Waals surface area (Å²) >= 11 is 0. The van der Waals surface area contributed by atoms with E-state index in [1.165, 1.54) is 5.56 Å². The van der Waals surface area contributed by atoms with Crippen molar-refractivity contribution in [2.24, 2.45) is 0 Å². The number of hydrogen-bond acceptors (Lipinski definition) is 2. The molecule has 16 heavy (non-hydrogen) atoms. The fraction of sp³-hybridized carbons (Fsp3) is 0.462. The van der Waals surface area contributed by atoms with Crippen molar-refractivity contribution in [2.75, 3.05) is 13.6 Å². The number of carboxylic acid groups (broad SMARTS) is 1. The Morgan fingerprint density at radius 2 is 1.94 bits per heavy atom. The first-order chi connectivity index (χ1) is 7.54. The lowest BCUT2D eigenvalue weighted by molar-refractivity contribution is -0.138. The van der Waals surface area contributed by atoms with Gasteiger partial charge in [0, 0.05) is 6.54 Å². The molecule has 0 amide bonds. The first kappa shape index (κ1) is 12.7. The van der Waals surface area contributed by atoms with Crippen molar-refractivity contribution >= 4 is 5.97 Å². The van der Waals surface area contributed by atoms with Gasteiger partial charge in [-0.15, -0.1) is 0 Å². The molecule has 0 saturated carbocycles. The smallest absolute Gasteiger partial charge is 0.310 e. The number of rotatable bonds is 5. The first-order valence-electron chi connectivity index (χ1n) is 5.54. The minimum Gasteiger partial charge on any atom is -0.481 e. The molecule has 0 aliphatic carbocycles. The number of aliphatic carboxylic acids is 1. The predicted octanol–water partition coefficient (Wildman–Crippen LogP) is 2.33. The lowest BCUT2D eigenvalue weighted by Crippen LogP contribution is -2.16. The van der Waals surface area contributed by atoms with Crippen LogP contribution in [0.25, 0.3) is 0 Å². The monoisotopic (exact) mass is 221 g/mol. The van der Waals surface area contributed by atoms with Gasteiger partial charge >= 0.3 is 5.97 Å². The highest BCUT2D eigenvalue weighted by Crippen LogP contribution is 2.16. The summed E-state index contributed by atoms with van der Waals surface area (Å²) in [5.74, 6) is -1.21. The standard InChI is InChI=1S/C13H19NO2/c1-4-14(3)9-11-5-7-12(8-6-11)10(2)13(15)16/h5-8,10H,4,9H2,1-3H3,(H,15,16). The zero-order chi connectivity index (χ0) is 12.1. The van der Waals surface area contributed by atoms with Crippen LogP contribution in [0.4, 0.5) is 0 Å². The summed E-state index contributed by atoms with van der Waals surface area (Å²) in [6.45, 7) is 5.72. The van der Waals surface area contributed by atoms with E-state index in [0.717, 1.165) is 18.7 Å². The number of nitrogens with zero attached hydrogens (tertiary/aromatic N) is 1. The van der Waals surface area contributed by atoms with Gasteiger partial charge in [0.25, 0.3) is 0 Å². The summed E-state index contributed by atoms with van der Waals surface area (Å²) in [6, 6.07) is 7.80.